The second-order valence-electron chi connectivity index (χ2n) is 6.83. The topological polar surface area (TPSA) is 45.5 Å². The summed E-state index contributed by atoms with van der Waals surface area (Å²) in [6.45, 7) is 1.04. The molecule has 23 heavy (non-hydrogen) atoms. The minimum absolute atomic E-state index is 0.0512. The van der Waals surface area contributed by atoms with Gasteiger partial charge in [0.15, 0.2) is 0 Å². The maximum absolute atomic E-state index is 12.6. The molecule has 3 heterocycles. The number of piperidine rings is 1. The average Bonchev–Trinajstić information content (AvgIpc) is 3.27. The third-order valence-electron chi connectivity index (χ3n) is 5.43. The molecule has 0 spiro atoms. The lowest BCUT2D eigenvalue weighted by molar-refractivity contribution is 0.0925. The van der Waals surface area contributed by atoms with E-state index in [1.807, 2.05) is 36.5 Å². The Kier molecular flexibility index (Phi) is 2.76. The highest BCUT2D eigenvalue weighted by Gasteiger charge is 2.40. The van der Waals surface area contributed by atoms with E-state index in [2.05, 4.69) is 27.2 Å². The number of pyridine rings is 1. The first-order valence-corrected chi connectivity index (χ1v) is 8.32. The van der Waals surface area contributed by atoms with Crippen LogP contribution in [0, 0.1) is 5.92 Å². The third-order valence-corrected chi connectivity index (χ3v) is 5.43. The van der Waals surface area contributed by atoms with Gasteiger partial charge in [-0.1, -0.05) is 12.1 Å². The minimum Gasteiger partial charge on any atom is -0.349 e. The van der Waals surface area contributed by atoms with Gasteiger partial charge in [0.25, 0.3) is 5.91 Å². The van der Waals surface area contributed by atoms with Crippen LogP contribution >= 0.6 is 0 Å². The minimum atomic E-state index is 0.0512. The van der Waals surface area contributed by atoms with E-state index in [1.54, 1.807) is 0 Å². The molecule has 2 N–H and O–H groups in total. The number of hydrogen-bond acceptors (Lipinski definition) is 2. The van der Waals surface area contributed by atoms with Crippen LogP contribution < -0.4 is 10.6 Å². The number of nitrogens with zero attached hydrogens (tertiary/aromatic N) is 1. The molecule has 3 aromatic rings. The normalized spacial score (nSPS) is 26.2. The summed E-state index contributed by atoms with van der Waals surface area (Å²) in [7, 11) is 0. The Labute approximate surface area is 134 Å². The van der Waals surface area contributed by atoms with Gasteiger partial charge >= 0.3 is 0 Å². The van der Waals surface area contributed by atoms with E-state index in [1.165, 1.54) is 6.42 Å². The van der Waals surface area contributed by atoms with Crippen molar-refractivity contribution in [3.63, 3.8) is 0 Å². The fourth-order valence-corrected chi connectivity index (χ4v) is 4.23. The van der Waals surface area contributed by atoms with Crippen molar-refractivity contribution in [3.05, 3.63) is 54.2 Å². The molecule has 3 unspecified atom stereocenters. The molecular formula is C19H19N3O. The molecular weight excluding hydrogens is 286 g/mol. The highest BCUT2D eigenvalue weighted by atomic mass is 16.1. The quantitative estimate of drug-likeness (QED) is 0.764. The lowest BCUT2D eigenvalue weighted by Gasteiger charge is -2.23. The number of carbonyl (C=O) groups excluding carboxylic acids is 1. The third kappa shape index (κ3) is 2.05. The van der Waals surface area contributed by atoms with E-state index in [0.29, 0.717) is 18.0 Å². The molecule has 5 rings (SSSR count). The van der Waals surface area contributed by atoms with Gasteiger partial charge in [-0.15, -0.1) is 0 Å². The van der Waals surface area contributed by atoms with Gasteiger partial charge in [0.1, 0.15) is 0 Å². The summed E-state index contributed by atoms with van der Waals surface area (Å²) in [4.78, 5) is 12.6. The molecule has 3 atom stereocenters. The smallest absolute Gasteiger partial charge is 0.251 e. The summed E-state index contributed by atoms with van der Waals surface area (Å²) in [5.41, 5.74) is 2.99. The van der Waals surface area contributed by atoms with E-state index in [-0.39, 0.29) is 5.91 Å². The Balaban J connectivity index is 1.47. The van der Waals surface area contributed by atoms with Crippen molar-refractivity contribution < 1.29 is 4.79 Å². The van der Waals surface area contributed by atoms with Gasteiger partial charge in [0, 0.05) is 41.3 Å². The van der Waals surface area contributed by atoms with Gasteiger partial charge in [-0.05, 0) is 49.1 Å². The summed E-state index contributed by atoms with van der Waals surface area (Å²) < 4.78 is 2.13. The molecule has 2 aliphatic rings. The molecule has 1 aromatic carbocycles. The van der Waals surface area contributed by atoms with Gasteiger partial charge in [0.2, 0.25) is 0 Å². The number of benzene rings is 1. The van der Waals surface area contributed by atoms with Crippen molar-refractivity contribution in [2.75, 3.05) is 6.54 Å². The van der Waals surface area contributed by atoms with Gasteiger partial charge in [-0.3, -0.25) is 4.79 Å². The molecule has 1 amide bonds. The van der Waals surface area contributed by atoms with E-state index in [9.17, 15) is 4.79 Å². The molecule has 116 valence electrons. The number of aromatic nitrogens is 1. The first-order chi connectivity index (χ1) is 11.3. The predicted octanol–water partition coefficient (Wildman–Crippen LogP) is 2.57. The molecule has 4 heteroatoms. The molecule has 2 fully saturated rings. The highest BCUT2D eigenvalue weighted by Crippen LogP contribution is 2.31. The average molecular weight is 305 g/mol. The van der Waals surface area contributed by atoms with Crippen LogP contribution in [0.15, 0.2) is 48.7 Å². The molecule has 1 saturated carbocycles. The monoisotopic (exact) mass is 305 g/mol. The highest BCUT2D eigenvalue weighted by molar-refractivity contribution is 5.99. The molecule has 1 aliphatic carbocycles. The van der Waals surface area contributed by atoms with Crippen LogP contribution in [-0.2, 0) is 0 Å². The van der Waals surface area contributed by atoms with Crippen LogP contribution in [0.5, 0.6) is 0 Å². The van der Waals surface area contributed by atoms with Crippen molar-refractivity contribution in [2.45, 2.75) is 24.9 Å². The molecule has 1 aliphatic heterocycles. The van der Waals surface area contributed by atoms with E-state index in [4.69, 9.17) is 0 Å². The first kappa shape index (κ1) is 13.1. The van der Waals surface area contributed by atoms with Gasteiger partial charge in [0.05, 0.1) is 5.52 Å². The Hall–Kier alpha value is -2.33. The van der Waals surface area contributed by atoms with Crippen LogP contribution in [0.1, 0.15) is 23.2 Å². The summed E-state index contributed by atoms with van der Waals surface area (Å²) >= 11 is 0. The first-order valence-electron chi connectivity index (χ1n) is 8.32. The Morgan fingerprint density at radius 1 is 1.17 bits per heavy atom. The predicted molar refractivity (Wildman–Crippen MR) is 90.7 cm³/mol. The molecule has 2 aromatic heterocycles. The SMILES string of the molecule is O=C(NC1CC2CC1CN2)c1ccc2cc3ccccn3c2c1. The van der Waals surface area contributed by atoms with Crippen molar-refractivity contribution in [3.8, 4) is 0 Å². The zero-order valence-electron chi connectivity index (χ0n) is 12.8. The van der Waals surface area contributed by atoms with Gasteiger partial charge in [-0.25, -0.2) is 0 Å². The van der Waals surface area contributed by atoms with E-state index < -0.39 is 0 Å². The maximum Gasteiger partial charge on any atom is 0.251 e. The van der Waals surface area contributed by atoms with Crippen LogP contribution in [0.2, 0.25) is 0 Å². The van der Waals surface area contributed by atoms with Crippen LogP contribution in [0.4, 0.5) is 0 Å². The van der Waals surface area contributed by atoms with E-state index >= 15 is 0 Å². The fourth-order valence-electron chi connectivity index (χ4n) is 4.23. The number of fused-ring (bicyclic) bond motifs is 5. The number of hydrogen-bond donors (Lipinski definition) is 2. The Morgan fingerprint density at radius 3 is 2.96 bits per heavy atom. The van der Waals surface area contributed by atoms with Crippen LogP contribution in [-0.4, -0.2) is 28.9 Å². The largest absolute Gasteiger partial charge is 0.349 e. The van der Waals surface area contributed by atoms with Crippen molar-refractivity contribution in [2.24, 2.45) is 5.92 Å². The molecule has 1 saturated heterocycles. The zero-order chi connectivity index (χ0) is 15.4. The van der Waals surface area contributed by atoms with Crippen molar-refractivity contribution >= 4 is 22.3 Å². The zero-order valence-corrected chi connectivity index (χ0v) is 12.8. The van der Waals surface area contributed by atoms with Crippen LogP contribution in [0.25, 0.3) is 16.4 Å². The molecule has 0 radical (unpaired) electrons. The van der Waals surface area contributed by atoms with E-state index in [0.717, 1.165) is 34.9 Å². The summed E-state index contributed by atoms with van der Waals surface area (Å²) in [5, 5.41) is 7.89. The lowest BCUT2D eigenvalue weighted by Crippen LogP contribution is -2.44. The lowest BCUT2D eigenvalue weighted by atomic mass is 10.0. The second-order valence-corrected chi connectivity index (χ2v) is 6.83. The van der Waals surface area contributed by atoms with Crippen molar-refractivity contribution in [1.82, 2.24) is 15.0 Å². The standard InChI is InChI=1S/C19H19N3O/c23-19(21-17-10-15-7-14(17)11-20-15)13-5-4-12-8-16-3-1-2-6-22(16)18(12)9-13/h1-6,8-9,14-15,17,20H,7,10-11H2,(H,21,23). The summed E-state index contributed by atoms with van der Waals surface area (Å²) in [6.07, 6.45) is 4.31. The second kappa shape index (κ2) is 4.83. The number of nitrogens with one attached hydrogen (secondary N) is 2. The van der Waals surface area contributed by atoms with Crippen molar-refractivity contribution in [1.29, 1.82) is 0 Å². The number of amides is 1. The maximum atomic E-state index is 12.6. The molecule has 2 bridgehead atoms. The van der Waals surface area contributed by atoms with Gasteiger partial charge < -0.3 is 15.0 Å². The Morgan fingerprint density at radius 2 is 2.13 bits per heavy atom. The number of carbonyl (C=O) groups is 1. The fraction of sp³-hybridized carbons (Fsp3) is 0.316. The molecule has 4 nitrogen and oxygen atoms in total. The van der Waals surface area contributed by atoms with Gasteiger partial charge in [-0.2, -0.15) is 0 Å². The number of rotatable bonds is 2. The van der Waals surface area contributed by atoms with Crippen LogP contribution in [0.3, 0.4) is 0 Å². The summed E-state index contributed by atoms with van der Waals surface area (Å²) in [6, 6.07) is 15.2. The summed E-state index contributed by atoms with van der Waals surface area (Å²) in [5.74, 6) is 0.650. The Bertz CT molecular complexity index is 913.